The van der Waals surface area contributed by atoms with E-state index in [4.69, 9.17) is 19.9 Å². The van der Waals surface area contributed by atoms with Gasteiger partial charge >= 0.3 is 0 Å². The minimum absolute atomic E-state index is 0. The Morgan fingerprint density at radius 1 is 1.16 bits per heavy atom. The summed E-state index contributed by atoms with van der Waals surface area (Å²) in [5.74, 6) is 1.98. The number of amides is 1. The number of hydrogen-bond acceptors (Lipinski definition) is 5. The van der Waals surface area contributed by atoms with Crippen LogP contribution >= 0.6 is 12.4 Å². The maximum atomic E-state index is 12.3. The van der Waals surface area contributed by atoms with Gasteiger partial charge in [0.15, 0.2) is 11.5 Å². The van der Waals surface area contributed by atoms with Gasteiger partial charge in [0.2, 0.25) is 11.7 Å². The van der Waals surface area contributed by atoms with Gasteiger partial charge in [-0.3, -0.25) is 4.79 Å². The van der Waals surface area contributed by atoms with Gasteiger partial charge in [-0.05, 0) is 31.7 Å². The zero-order chi connectivity index (χ0) is 17.5. The molecule has 0 radical (unpaired) electrons. The molecule has 0 heterocycles. The number of carbonyl (C=O) groups excluding carboxylic acids is 1. The second-order valence-electron chi connectivity index (χ2n) is 6.16. The van der Waals surface area contributed by atoms with Crippen LogP contribution < -0.4 is 25.3 Å². The Balaban J connectivity index is 0.00000312. The summed E-state index contributed by atoms with van der Waals surface area (Å²) in [5.41, 5.74) is 6.93. The molecule has 3 N–H and O–H groups in total. The van der Waals surface area contributed by atoms with Gasteiger partial charge in [-0.2, -0.15) is 0 Å². The second-order valence-corrected chi connectivity index (χ2v) is 6.16. The van der Waals surface area contributed by atoms with Crippen LogP contribution in [0.4, 0.5) is 0 Å². The number of nitrogens with two attached hydrogens (primary N) is 1. The van der Waals surface area contributed by atoms with Gasteiger partial charge in [0.25, 0.3) is 0 Å². The average Bonchev–Trinajstić information content (AvgIpc) is 2.60. The molecule has 0 spiro atoms. The second kappa shape index (κ2) is 10.4. The van der Waals surface area contributed by atoms with E-state index >= 15 is 0 Å². The lowest BCUT2D eigenvalue weighted by Gasteiger charge is -2.25. The van der Waals surface area contributed by atoms with Crippen LogP contribution in [0.25, 0.3) is 0 Å². The maximum Gasteiger partial charge on any atom is 0.223 e. The highest BCUT2D eigenvalue weighted by atomic mass is 35.5. The predicted molar refractivity (Wildman–Crippen MR) is 100.0 cm³/mol. The lowest BCUT2D eigenvalue weighted by atomic mass is 9.85. The third-order valence-electron chi connectivity index (χ3n) is 4.56. The van der Waals surface area contributed by atoms with E-state index in [0.717, 1.165) is 31.2 Å². The number of methoxy groups -OCH3 is 3. The van der Waals surface area contributed by atoms with Crippen LogP contribution in [0.5, 0.6) is 17.2 Å². The molecular weight excluding hydrogens is 344 g/mol. The number of hydrogen-bond donors (Lipinski definition) is 2. The van der Waals surface area contributed by atoms with Gasteiger partial charge in [0.1, 0.15) is 0 Å². The van der Waals surface area contributed by atoms with Gasteiger partial charge < -0.3 is 25.3 Å². The molecule has 1 aliphatic carbocycles. The number of nitrogens with one attached hydrogen (secondary N) is 1. The summed E-state index contributed by atoms with van der Waals surface area (Å²) in [4.78, 5) is 12.3. The Hall–Kier alpha value is -1.66. The smallest absolute Gasteiger partial charge is 0.223 e. The molecule has 0 aromatic heterocycles. The summed E-state index contributed by atoms with van der Waals surface area (Å²) < 4.78 is 16.1. The Labute approximate surface area is 155 Å². The van der Waals surface area contributed by atoms with Crippen LogP contribution in [0.1, 0.15) is 31.2 Å². The van der Waals surface area contributed by atoms with Crippen LogP contribution in [-0.2, 0) is 11.2 Å². The van der Waals surface area contributed by atoms with Crippen molar-refractivity contribution < 1.29 is 19.0 Å². The zero-order valence-electron chi connectivity index (χ0n) is 15.2. The molecule has 25 heavy (non-hydrogen) atoms. The van der Waals surface area contributed by atoms with E-state index in [0.29, 0.717) is 30.2 Å². The Bertz CT molecular complexity index is 568. The van der Waals surface area contributed by atoms with Crippen molar-refractivity contribution in [2.75, 3.05) is 27.9 Å². The van der Waals surface area contributed by atoms with E-state index in [9.17, 15) is 4.79 Å². The fourth-order valence-corrected chi connectivity index (χ4v) is 3.29. The molecule has 1 amide bonds. The molecule has 2 unspecified atom stereocenters. The molecule has 0 aliphatic heterocycles. The summed E-state index contributed by atoms with van der Waals surface area (Å²) in [5, 5.41) is 3.02. The number of halogens is 1. The first-order chi connectivity index (χ1) is 11.6. The Morgan fingerprint density at radius 3 is 2.48 bits per heavy atom. The lowest BCUT2D eigenvalue weighted by molar-refractivity contribution is -0.126. The molecule has 142 valence electrons. The maximum absolute atomic E-state index is 12.3. The van der Waals surface area contributed by atoms with Crippen LogP contribution in [-0.4, -0.2) is 39.8 Å². The van der Waals surface area contributed by atoms with Gasteiger partial charge in [-0.1, -0.05) is 12.5 Å². The largest absolute Gasteiger partial charge is 0.493 e. The molecule has 1 saturated carbocycles. The summed E-state index contributed by atoms with van der Waals surface area (Å²) >= 11 is 0. The summed E-state index contributed by atoms with van der Waals surface area (Å²) in [6.45, 7) is 0.552. The van der Waals surface area contributed by atoms with Gasteiger partial charge in [-0.25, -0.2) is 0 Å². The molecular formula is C18H29ClN2O4. The van der Waals surface area contributed by atoms with E-state index in [-0.39, 0.29) is 30.3 Å². The molecule has 2 atom stereocenters. The van der Waals surface area contributed by atoms with Crippen LogP contribution in [0, 0.1) is 5.92 Å². The average molecular weight is 373 g/mol. The molecule has 6 nitrogen and oxygen atoms in total. The third kappa shape index (κ3) is 5.41. The quantitative estimate of drug-likeness (QED) is 0.767. The lowest BCUT2D eigenvalue weighted by Crippen LogP contribution is -2.38. The van der Waals surface area contributed by atoms with Crippen molar-refractivity contribution >= 4 is 18.3 Å². The number of ether oxygens (including phenoxy) is 3. The summed E-state index contributed by atoms with van der Waals surface area (Å²) in [6, 6.07) is 3.93. The fraction of sp³-hybridized carbons (Fsp3) is 0.611. The SMILES string of the molecule is COc1ccc(CCNC(=O)C2CCCC(N)C2)c(OC)c1OC.Cl. The molecule has 0 saturated heterocycles. The fourth-order valence-electron chi connectivity index (χ4n) is 3.29. The van der Waals surface area contributed by atoms with Crippen molar-refractivity contribution in [1.82, 2.24) is 5.32 Å². The number of carbonyl (C=O) groups is 1. The first-order valence-corrected chi connectivity index (χ1v) is 8.41. The molecule has 2 rings (SSSR count). The van der Waals surface area contributed by atoms with Crippen molar-refractivity contribution in [2.24, 2.45) is 11.7 Å². The Kier molecular flexibility index (Phi) is 8.86. The summed E-state index contributed by atoms with van der Waals surface area (Å²) in [6.07, 6.45) is 4.42. The van der Waals surface area contributed by atoms with Gasteiger partial charge in [0.05, 0.1) is 21.3 Å². The summed E-state index contributed by atoms with van der Waals surface area (Å²) in [7, 11) is 4.77. The minimum atomic E-state index is 0. The van der Waals surface area contributed by atoms with Crippen molar-refractivity contribution in [2.45, 2.75) is 38.1 Å². The van der Waals surface area contributed by atoms with E-state index in [2.05, 4.69) is 5.32 Å². The van der Waals surface area contributed by atoms with Crippen LogP contribution in [0.2, 0.25) is 0 Å². The molecule has 1 fully saturated rings. The topological polar surface area (TPSA) is 82.8 Å². The first kappa shape index (κ1) is 21.4. The van der Waals surface area contributed by atoms with Crippen molar-refractivity contribution in [1.29, 1.82) is 0 Å². The van der Waals surface area contributed by atoms with Gasteiger partial charge in [0, 0.05) is 24.1 Å². The van der Waals surface area contributed by atoms with E-state index in [1.165, 1.54) is 0 Å². The standard InChI is InChI=1S/C18H28N2O4.ClH/c1-22-15-8-7-12(16(23-2)17(15)24-3)9-10-20-18(21)13-5-4-6-14(19)11-13;/h7-8,13-14H,4-6,9-11,19H2,1-3H3,(H,20,21);1H. The van der Waals surface area contributed by atoms with Crippen LogP contribution in [0.15, 0.2) is 12.1 Å². The zero-order valence-corrected chi connectivity index (χ0v) is 16.0. The highest BCUT2D eigenvalue weighted by Gasteiger charge is 2.25. The van der Waals surface area contributed by atoms with Crippen molar-refractivity contribution in [3.8, 4) is 17.2 Å². The molecule has 1 aromatic carbocycles. The molecule has 1 aliphatic rings. The van der Waals surface area contributed by atoms with E-state index in [1.54, 1.807) is 21.3 Å². The predicted octanol–water partition coefficient (Wildman–Crippen LogP) is 2.31. The van der Waals surface area contributed by atoms with Crippen LogP contribution in [0.3, 0.4) is 0 Å². The first-order valence-electron chi connectivity index (χ1n) is 8.41. The monoisotopic (exact) mass is 372 g/mol. The van der Waals surface area contributed by atoms with Gasteiger partial charge in [-0.15, -0.1) is 12.4 Å². The number of benzene rings is 1. The minimum Gasteiger partial charge on any atom is -0.493 e. The van der Waals surface area contributed by atoms with E-state index < -0.39 is 0 Å². The molecule has 1 aromatic rings. The highest BCUT2D eigenvalue weighted by molar-refractivity contribution is 5.85. The normalized spacial score (nSPS) is 19.5. The van der Waals surface area contributed by atoms with Crippen molar-refractivity contribution in [3.63, 3.8) is 0 Å². The molecule has 0 bridgehead atoms. The number of rotatable bonds is 7. The third-order valence-corrected chi connectivity index (χ3v) is 4.56. The Morgan fingerprint density at radius 2 is 1.88 bits per heavy atom. The molecule has 7 heteroatoms. The van der Waals surface area contributed by atoms with E-state index in [1.807, 2.05) is 12.1 Å². The highest BCUT2D eigenvalue weighted by Crippen LogP contribution is 2.39. The van der Waals surface area contributed by atoms with Crippen molar-refractivity contribution in [3.05, 3.63) is 17.7 Å².